The van der Waals surface area contributed by atoms with E-state index in [1.165, 1.54) is 0 Å². The van der Waals surface area contributed by atoms with Gasteiger partial charge in [-0.3, -0.25) is 9.32 Å². The monoisotopic (exact) mass is 577 g/mol. The van der Waals surface area contributed by atoms with Gasteiger partial charge in [-0.1, -0.05) is 0 Å². The smallest absolute Gasteiger partial charge is 0.386 e. The maximum absolute atomic E-state index is 12.3. The first-order valence-corrected chi connectivity index (χ1v) is 14.7. The van der Waals surface area contributed by atoms with Gasteiger partial charge in [0.05, 0.1) is 24.4 Å². The maximum atomic E-state index is 12.3. The quantitative estimate of drug-likeness (QED) is 0.132. The topological polar surface area (TPSA) is 175 Å². The molecule has 2 aromatic carbocycles. The summed E-state index contributed by atoms with van der Waals surface area (Å²) in [6, 6.07) is 16.3. The average molecular weight is 578 g/mol. The van der Waals surface area contributed by atoms with E-state index in [1.54, 1.807) is 24.3 Å². The van der Waals surface area contributed by atoms with Gasteiger partial charge in [0.2, 0.25) is 11.8 Å². The molecule has 1 heterocycles. The number of carbonyl (C=O) groups excluding carboxylic acids is 2. The van der Waals surface area contributed by atoms with Gasteiger partial charge in [-0.2, -0.15) is 10.2 Å². The molecule has 1 amide bonds. The molecule has 39 heavy (non-hydrogen) atoms. The summed E-state index contributed by atoms with van der Waals surface area (Å²) in [6.45, 7) is -4.35. The fourth-order valence-electron chi connectivity index (χ4n) is 2.96. The SMILES string of the molecule is CN(C)c1ccc(N=Nc2ccc(C(=O)NCCOP(=O)(O)SCCC(=O)On3c(O)ccc3O)cc2)cc1. The highest BCUT2D eigenvalue weighted by Crippen LogP contribution is 2.55. The molecule has 1 atom stereocenters. The fourth-order valence-corrected chi connectivity index (χ4v) is 5.26. The number of hydrogen-bond acceptors (Lipinski definition) is 11. The first kappa shape index (κ1) is 29.7. The molecule has 3 rings (SSSR count). The van der Waals surface area contributed by atoms with Crippen LogP contribution in [0.1, 0.15) is 16.8 Å². The highest BCUT2D eigenvalue weighted by atomic mass is 32.7. The Morgan fingerprint density at radius 1 is 0.974 bits per heavy atom. The number of anilines is 1. The molecule has 0 saturated heterocycles. The van der Waals surface area contributed by atoms with Crippen LogP contribution in [0.25, 0.3) is 0 Å². The van der Waals surface area contributed by atoms with Crippen molar-refractivity contribution in [2.75, 3.05) is 37.9 Å². The van der Waals surface area contributed by atoms with E-state index >= 15 is 0 Å². The van der Waals surface area contributed by atoms with Gasteiger partial charge in [-0.15, -0.1) is 4.73 Å². The zero-order valence-electron chi connectivity index (χ0n) is 21.1. The Morgan fingerprint density at radius 2 is 1.54 bits per heavy atom. The Bertz CT molecular complexity index is 1330. The number of benzene rings is 2. The lowest BCUT2D eigenvalue weighted by molar-refractivity contribution is -0.144. The highest BCUT2D eigenvalue weighted by Gasteiger charge is 2.22. The molecule has 0 spiro atoms. The molecule has 0 aliphatic rings. The van der Waals surface area contributed by atoms with Crippen LogP contribution in [0.15, 0.2) is 70.9 Å². The van der Waals surface area contributed by atoms with Crippen molar-refractivity contribution in [3.8, 4) is 11.8 Å². The molecule has 208 valence electrons. The lowest BCUT2D eigenvalue weighted by Gasteiger charge is -2.12. The number of rotatable bonds is 13. The van der Waals surface area contributed by atoms with Crippen LogP contribution in [0.2, 0.25) is 0 Å². The van der Waals surface area contributed by atoms with E-state index in [-0.39, 0.29) is 25.3 Å². The predicted molar refractivity (Wildman–Crippen MR) is 146 cm³/mol. The summed E-state index contributed by atoms with van der Waals surface area (Å²) < 4.78 is 17.6. The van der Waals surface area contributed by atoms with Gasteiger partial charge in [0, 0.05) is 49.8 Å². The van der Waals surface area contributed by atoms with E-state index in [0.717, 1.165) is 17.8 Å². The van der Waals surface area contributed by atoms with Crippen LogP contribution >= 0.6 is 18.2 Å². The number of azo groups is 1. The Balaban J connectivity index is 1.35. The fraction of sp³-hybridized carbons (Fsp3) is 0.250. The standard InChI is InChI=1S/C24H28N5O8PS/c1-28(2)20-9-7-19(8-10-20)27-26-18-5-3-17(4-6-18)24(33)25-14-15-36-38(34,35)39-16-13-23(32)37-29-21(30)11-12-22(29)31/h3-12,30-31H,13-16H2,1-2H3,(H,25,33)(H,34,35). The van der Waals surface area contributed by atoms with Crippen molar-refractivity contribution in [3.05, 3.63) is 66.2 Å². The molecule has 1 aromatic heterocycles. The average Bonchev–Trinajstić information content (AvgIpc) is 3.22. The minimum atomic E-state index is -4.09. The molecule has 1 unspecified atom stereocenters. The largest absolute Gasteiger partial charge is 0.492 e. The Labute approximate surface area is 228 Å². The zero-order valence-corrected chi connectivity index (χ0v) is 22.8. The van der Waals surface area contributed by atoms with Crippen molar-refractivity contribution in [1.29, 1.82) is 0 Å². The molecular formula is C24H28N5O8PS. The minimum Gasteiger partial charge on any atom is -0.492 e. The zero-order chi connectivity index (χ0) is 28.4. The third-order valence-corrected chi connectivity index (χ3v) is 8.03. The third kappa shape index (κ3) is 9.45. The van der Waals surface area contributed by atoms with Crippen molar-refractivity contribution in [2.24, 2.45) is 10.2 Å². The molecule has 0 aliphatic carbocycles. The third-order valence-electron chi connectivity index (χ3n) is 4.97. The first-order chi connectivity index (χ1) is 18.5. The molecule has 3 aromatic rings. The Morgan fingerprint density at radius 3 is 2.10 bits per heavy atom. The second-order valence-corrected chi connectivity index (χ2v) is 12.1. The van der Waals surface area contributed by atoms with Gasteiger partial charge < -0.3 is 30.2 Å². The molecule has 0 fully saturated rings. The number of carbonyl (C=O) groups is 2. The summed E-state index contributed by atoms with van der Waals surface area (Å²) in [5, 5.41) is 29.8. The summed E-state index contributed by atoms with van der Waals surface area (Å²) in [6.07, 6.45) is -0.287. The van der Waals surface area contributed by atoms with Crippen LogP contribution in [0.3, 0.4) is 0 Å². The summed E-state index contributed by atoms with van der Waals surface area (Å²) in [7, 11) is 3.90. The second kappa shape index (κ2) is 13.8. The van der Waals surface area contributed by atoms with Gasteiger partial charge >= 0.3 is 12.8 Å². The van der Waals surface area contributed by atoms with E-state index in [1.807, 2.05) is 43.3 Å². The Hall–Kier alpha value is -3.84. The van der Waals surface area contributed by atoms with Crippen LogP contribution in [0.4, 0.5) is 17.1 Å². The van der Waals surface area contributed by atoms with Gasteiger partial charge in [-0.25, -0.2) is 9.36 Å². The van der Waals surface area contributed by atoms with Crippen molar-refractivity contribution < 1.29 is 38.6 Å². The van der Waals surface area contributed by atoms with Crippen molar-refractivity contribution in [3.63, 3.8) is 0 Å². The van der Waals surface area contributed by atoms with Crippen LogP contribution in [-0.2, 0) is 13.9 Å². The van der Waals surface area contributed by atoms with Crippen molar-refractivity contribution in [2.45, 2.75) is 6.42 Å². The summed E-state index contributed by atoms with van der Waals surface area (Å²) in [5.74, 6) is -2.32. The molecular weight excluding hydrogens is 549 g/mol. The van der Waals surface area contributed by atoms with E-state index < -0.39 is 30.4 Å². The van der Waals surface area contributed by atoms with Gasteiger partial charge in [0.1, 0.15) is 0 Å². The van der Waals surface area contributed by atoms with Crippen molar-refractivity contribution >= 4 is 47.1 Å². The Kier molecular flexibility index (Phi) is 10.5. The molecule has 13 nitrogen and oxygen atoms in total. The van der Waals surface area contributed by atoms with Crippen LogP contribution in [0, 0.1) is 0 Å². The molecule has 15 heteroatoms. The van der Waals surface area contributed by atoms with E-state index in [0.29, 0.717) is 33.1 Å². The van der Waals surface area contributed by atoms with E-state index in [2.05, 4.69) is 15.5 Å². The number of amides is 1. The molecule has 0 aliphatic heterocycles. The van der Waals surface area contributed by atoms with Crippen LogP contribution < -0.4 is 15.1 Å². The maximum Gasteiger partial charge on any atom is 0.386 e. The number of nitrogens with one attached hydrogen (secondary N) is 1. The molecule has 0 bridgehead atoms. The molecule has 0 radical (unpaired) electrons. The molecule has 0 saturated carbocycles. The van der Waals surface area contributed by atoms with E-state index in [9.17, 15) is 29.3 Å². The normalized spacial score (nSPS) is 12.7. The van der Waals surface area contributed by atoms with Gasteiger partial charge in [0.15, 0.2) is 0 Å². The first-order valence-electron chi connectivity index (χ1n) is 11.5. The molecule has 4 N–H and O–H groups in total. The lowest BCUT2D eigenvalue weighted by Crippen LogP contribution is -2.26. The summed E-state index contributed by atoms with van der Waals surface area (Å²) >= 11 is 0.509. The predicted octanol–water partition coefficient (Wildman–Crippen LogP) is 4.01. The van der Waals surface area contributed by atoms with Crippen LogP contribution in [-0.4, -0.2) is 64.7 Å². The van der Waals surface area contributed by atoms with Gasteiger partial charge in [-0.05, 0) is 59.9 Å². The van der Waals surface area contributed by atoms with Crippen LogP contribution in [0.5, 0.6) is 11.8 Å². The lowest BCUT2D eigenvalue weighted by atomic mass is 10.2. The van der Waals surface area contributed by atoms with Gasteiger partial charge in [0.25, 0.3) is 5.91 Å². The number of hydrogen-bond donors (Lipinski definition) is 4. The number of aromatic nitrogens is 1. The summed E-state index contributed by atoms with van der Waals surface area (Å²) in [5.41, 5.74) is 2.67. The number of aromatic hydroxyl groups is 2. The second-order valence-electron chi connectivity index (χ2n) is 8.11. The summed E-state index contributed by atoms with van der Waals surface area (Å²) in [4.78, 5) is 40.7. The van der Waals surface area contributed by atoms with E-state index in [4.69, 9.17) is 9.36 Å². The number of nitrogens with zero attached hydrogens (tertiary/aromatic N) is 4. The van der Waals surface area contributed by atoms with Crippen molar-refractivity contribution in [1.82, 2.24) is 10.0 Å². The minimum absolute atomic E-state index is 0.0252. The highest BCUT2D eigenvalue weighted by molar-refractivity contribution is 8.54.